The third-order valence-corrected chi connectivity index (χ3v) is 1.38. The Morgan fingerprint density at radius 1 is 1.27 bits per heavy atom. The normalized spacial score (nSPS) is 9.60. The average Bonchev–Trinajstić information content (AvgIpc) is 2.11. The summed E-state index contributed by atoms with van der Waals surface area (Å²) in [7, 11) is 0. The topological polar surface area (TPSA) is 119 Å². The molecular formula is C8H14N2O5. The summed E-state index contributed by atoms with van der Waals surface area (Å²) in [6, 6.07) is 0. The first-order chi connectivity index (χ1) is 7.02. The molecule has 0 bridgehead atoms. The molecule has 0 aromatic rings. The van der Waals surface area contributed by atoms with Crippen molar-refractivity contribution >= 4 is 17.8 Å². The maximum absolute atomic E-state index is 10.9. The molecule has 0 aliphatic heterocycles. The van der Waals surface area contributed by atoms with E-state index in [1.54, 1.807) is 0 Å². The Labute approximate surface area is 86.6 Å². The van der Waals surface area contributed by atoms with Crippen molar-refractivity contribution in [3.8, 4) is 0 Å². The molecule has 4 N–H and O–H groups in total. The minimum absolute atomic E-state index is 0.205. The van der Waals surface area contributed by atoms with E-state index in [1.807, 2.05) is 0 Å². The fourth-order valence-corrected chi connectivity index (χ4v) is 0.772. The van der Waals surface area contributed by atoms with Gasteiger partial charge in [0.25, 0.3) is 0 Å². The summed E-state index contributed by atoms with van der Waals surface area (Å²) >= 11 is 0. The van der Waals surface area contributed by atoms with Gasteiger partial charge >= 0.3 is 5.97 Å². The maximum Gasteiger partial charge on any atom is 0.329 e. The van der Waals surface area contributed by atoms with Crippen LogP contribution in [-0.2, 0) is 19.1 Å². The lowest BCUT2D eigenvalue weighted by Crippen LogP contribution is -2.30. The summed E-state index contributed by atoms with van der Waals surface area (Å²) in [5, 5.41) is 10.6. The molecular weight excluding hydrogens is 204 g/mol. The van der Waals surface area contributed by atoms with Crippen LogP contribution in [0, 0.1) is 0 Å². The Hall–Kier alpha value is -1.63. The second-order valence-electron chi connectivity index (χ2n) is 2.81. The van der Waals surface area contributed by atoms with Crippen molar-refractivity contribution in [3.05, 3.63) is 0 Å². The molecule has 7 heteroatoms. The van der Waals surface area contributed by atoms with Gasteiger partial charge in [0.05, 0.1) is 0 Å². The van der Waals surface area contributed by atoms with E-state index >= 15 is 0 Å². The highest BCUT2D eigenvalue weighted by Crippen LogP contribution is 1.84. The van der Waals surface area contributed by atoms with Crippen molar-refractivity contribution in [2.75, 3.05) is 19.8 Å². The number of carboxylic acid groups (broad SMARTS) is 1. The molecule has 0 aliphatic carbocycles. The molecule has 0 saturated heterocycles. The van der Waals surface area contributed by atoms with E-state index in [-0.39, 0.29) is 13.0 Å². The third kappa shape index (κ3) is 10.3. The summed E-state index contributed by atoms with van der Waals surface area (Å²) < 4.78 is 4.53. The standard InChI is InChI=1S/C8H14N2O5/c9-6(11)2-1-3-10-7(12)4-15-5-8(13)14/h1-5H2,(H2,9,11)(H,10,12)(H,13,14). The van der Waals surface area contributed by atoms with Crippen LogP contribution in [-0.4, -0.2) is 42.6 Å². The quantitative estimate of drug-likeness (QED) is 0.427. The summed E-state index contributed by atoms with van der Waals surface area (Å²) in [6.07, 6.45) is 0.663. The number of nitrogens with two attached hydrogens (primary N) is 1. The highest BCUT2D eigenvalue weighted by Gasteiger charge is 2.03. The molecule has 0 unspecified atom stereocenters. The van der Waals surface area contributed by atoms with E-state index in [2.05, 4.69) is 10.1 Å². The first kappa shape index (κ1) is 13.4. The highest BCUT2D eigenvalue weighted by atomic mass is 16.5. The minimum Gasteiger partial charge on any atom is -0.480 e. The average molecular weight is 218 g/mol. The van der Waals surface area contributed by atoms with Gasteiger partial charge in [-0.05, 0) is 6.42 Å². The van der Waals surface area contributed by atoms with E-state index in [0.29, 0.717) is 13.0 Å². The number of rotatable bonds is 8. The van der Waals surface area contributed by atoms with Gasteiger partial charge in [-0.15, -0.1) is 0 Å². The van der Waals surface area contributed by atoms with Crippen molar-refractivity contribution in [2.45, 2.75) is 12.8 Å². The number of carbonyl (C=O) groups excluding carboxylic acids is 2. The number of carboxylic acids is 1. The van der Waals surface area contributed by atoms with Crippen molar-refractivity contribution < 1.29 is 24.2 Å². The Morgan fingerprint density at radius 3 is 2.47 bits per heavy atom. The van der Waals surface area contributed by atoms with Crippen LogP contribution in [0.2, 0.25) is 0 Å². The third-order valence-electron chi connectivity index (χ3n) is 1.38. The zero-order chi connectivity index (χ0) is 11.7. The number of carbonyl (C=O) groups is 3. The Kier molecular flexibility index (Phi) is 6.90. The zero-order valence-electron chi connectivity index (χ0n) is 8.19. The number of nitrogens with one attached hydrogen (secondary N) is 1. The lowest BCUT2D eigenvalue weighted by molar-refractivity contribution is -0.143. The van der Waals surface area contributed by atoms with Gasteiger partial charge in [0.2, 0.25) is 11.8 Å². The zero-order valence-corrected chi connectivity index (χ0v) is 8.19. The number of primary amides is 1. The van der Waals surface area contributed by atoms with Gasteiger partial charge < -0.3 is 20.9 Å². The molecule has 15 heavy (non-hydrogen) atoms. The molecule has 0 spiro atoms. The molecule has 2 amide bonds. The summed E-state index contributed by atoms with van der Waals surface area (Å²) in [6.45, 7) is -0.490. The first-order valence-electron chi connectivity index (χ1n) is 4.37. The molecule has 0 rings (SSSR count). The largest absolute Gasteiger partial charge is 0.480 e. The van der Waals surface area contributed by atoms with Gasteiger partial charge in [0, 0.05) is 13.0 Å². The van der Waals surface area contributed by atoms with Gasteiger partial charge in [0.1, 0.15) is 13.2 Å². The predicted octanol–water partition coefficient (Wildman–Crippen LogP) is -1.53. The van der Waals surface area contributed by atoms with Crippen molar-refractivity contribution in [1.29, 1.82) is 0 Å². The Bertz CT molecular complexity index is 241. The molecule has 0 atom stereocenters. The molecule has 0 aliphatic rings. The van der Waals surface area contributed by atoms with Gasteiger partial charge in [-0.3, -0.25) is 9.59 Å². The van der Waals surface area contributed by atoms with E-state index in [9.17, 15) is 14.4 Å². The molecule has 0 radical (unpaired) electrons. The van der Waals surface area contributed by atoms with Gasteiger partial charge in [0.15, 0.2) is 0 Å². The van der Waals surface area contributed by atoms with E-state index in [0.717, 1.165) is 0 Å². The highest BCUT2D eigenvalue weighted by molar-refractivity contribution is 5.78. The Morgan fingerprint density at radius 2 is 1.93 bits per heavy atom. The first-order valence-corrected chi connectivity index (χ1v) is 4.37. The van der Waals surface area contributed by atoms with Crippen LogP contribution in [0.25, 0.3) is 0 Å². The summed E-state index contributed by atoms with van der Waals surface area (Å²) in [5.74, 6) is -1.97. The van der Waals surface area contributed by atoms with Gasteiger partial charge in [-0.25, -0.2) is 4.79 Å². The van der Waals surface area contributed by atoms with Crippen molar-refractivity contribution in [1.82, 2.24) is 5.32 Å². The number of hydrogen-bond donors (Lipinski definition) is 3. The monoisotopic (exact) mass is 218 g/mol. The van der Waals surface area contributed by atoms with Crippen molar-refractivity contribution in [2.24, 2.45) is 5.73 Å². The molecule has 0 saturated carbocycles. The lowest BCUT2D eigenvalue weighted by atomic mass is 10.3. The smallest absolute Gasteiger partial charge is 0.329 e. The fourth-order valence-electron chi connectivity index (χ4n) is 0.772. The maximum atomic E-state index is 10.9. The van der Waals surface area contributed by atoms with Gasteiger partial charge in [-0.2, -0.15) is 0 Å². The minimum atomic E-state index is -1.13. The molecule has 0 aromatic carbocycles. The number of hydrogen-bond acceptors (Lipinski definition) is 4. The Balaban J connectivity index is 3.33. The molecule has 7 nitrogen and oxygen atoms in total. The van der Waals surface area contributed by atoms with Crippen LogP contribution < -0.4 is 11.1 Å². The van der Waals surface area contributed by atoms with E-state index in [4.69, 9.17) is 10.8 Å². The van der Waals surface area contributed by atoms with Gasteiger partial charge in [-0.1, -0.05) is 0 Å². The van der Waals surface area contributed by atoms with E-state index in [1.165, 1.54) is 0 Å². The molecule has 0 fully saturated rings. The second-order valence-corrected chi connectivity index (χ2v) is 2.81. The molecule has 86 valence electrons. The molecule has 0 aromatic heterocycles. The predicted molar refractivity (Wildman–Crippen MR) is 49.9 cm³/mol. The summed E-state index contributed by atoms with van der Waals surface area (Å²) in [4.78, 5) is 31.2. The SMILES string of the molecule is NC(=O)CCCNC(=O)COCC(=O)O. The second kappa shape index (κ2) is 7.74. The number of ether oxygens (including phenoxy) is 1. The lowest BCUT2D eigenvalue weighted by Gasteiger charge is -2.03. The van der Waals surface area contributed by atoms with Crippen LogP contribution in [0.15, 0.2) is 0 Å². The number of amides is 2. The molecule has 0 heterocycles. The van der Waals surface area contributed by atoms with Crippen LogP contribution in [0.4, 0.5) is 0 Å². The van der Waals surface area contributed by atoms with E-state index < -0.39 is 24.4 Å². The fraction of sp³-hybridized carbons (Fsp3) is 0.625. The summed E-state index contributed by atoms with van der Waals surface area (Å²) in [5.41, 5.74) is 4.88. The van der Waals surface area contributed by atoms with Crippen LogP contribution in [0.3, 0.4) is 0 Å². The van der Waals surface area contributed by atoms with Crippen LogP contribution >= 0.6 is 0 Å². The van der Waals surface area contributed by atoms with Crippen LogP contribution in [0.1, 0.15) is 12.8 Å². The van der Waals surface area contributed by atoms with Crippen molar-refractivity contribution in [3.63, 3.8) is 0 Å². The number of aliphatic carboxylic acids is 1. The van der Waals surface area contributed by atoms with Crippen LogP contribution in [0.5, 0.6) is 0 Å².